The molecule has 0 aliphatic carbocycles. The molecule has 0 saturated heterocycles. The molecule has 0 saturated carbocycles. The second-order valence-corrected chi connectivity index (χ2v) is 11.4. The highest BCUT2D eigenvalue weighted by molar-refractivity contribution is 5.71. The minimum Gasteiger partial charge on any atom is -0.462 e. The zero-order valence-corrected chi connectivity index (χ0v) is 27.5. The topological polar surface area (TPSA) is 78.9 Å². The molecule has 244 valence electrons. The Morgan fingerprint density at radius 1 is 0.500 bits per heavy atom. The van der Waals surface area contributed by atoms with E-state index in [4.69, 9.17) is 14.2 Å². The number of rotatable bonds is 30. The molecule has 0 bridgehead atoms. The third kappa shape index (κ3) is 29.4. The van der Waals surface area contributed by atoms with Gasteiger partial charge in [-0.25, -0.2) is 0 Å². The maximum absolute atomic E-state index is 12.4. The summed E-state index contributed by atoms with van der Waals surface area (Å²) in [6.07, 6.45) is 31.7. The standard InChI is InChI=1S/C36H64O6/c1-4-7-9-11-13-15-16-17-18-19-20-21-23-24-26-29-35(38)41-32-33(31-40-34(37)28-6-3)42-36(39)30-27-25-22-14-12-10-8-5-2/h5,8,17-18,33H,4,6-7,9-16,19-32H2,1-3H3/b8-5-,18-17-. The van der Waals surface area contributed by atoms with Crippen LogP contribution in [0.5, 0.6) is 0 Å². The molecular weight excluding hydrogens is 528 g/mol. The fourth-order valence-corrected chi connectivity index (χ4v) is 4.65. The fraction of sp³-hybridized carbons (Fsp3) is 0.806. The third-order valence-electron chi connectivity index (χ3n) is 7.24. The molecule has 6 nitrogen and oxygen atoms in total. The van der Waals surface area contributed by atoms with Crippen LogP contribution in [0.4, 0.5) is 0 Å². The SMILES string of the molecule is C/C=C\CCCCCCCC(=O)OC(COC(=O)CCC)COC(=O)CCCCCCC/C=C\CCCCCCCC. The van der Waals surface area contributed by atoms with Gasteiger partial charge < -0.3 is 14.2 Å². The fourth-order valence-electron chi connectivity index (χ4n) is 4.65. The van der Waals surface area contributed by atoms with Crippen LogP contribution in [0, 0.1) is 0 Å². The molecule has 0 heterocycles. The Hall–Kier alpha value is -2.11. The zero-order chi connectivity index (χ0) is 30.9. The molecule has 0 fully saturated rings. The van der Waals surface area contributed by atoms with Crippen molar-refractivity contribution in [1.29, 1.82) is 0 Å². The van der Waals surface area contributed by atoms with Gasteiger partial charge in [0.2, 0.25) is 0 Å². The number of carbonyl (C=O) groups is 3. The van der Waals surface area contributed by atoms with E-state index in [2.05, 4.69) is 31.2 Å². The first kappa shape index (κ1) is 39.9. The second kappa shape index (κ2) is 31.8. The average Bonchev–Trinajstić information content (AvgIpc) is 2.98. The number of hydrogen-bond donors (Lipinski definition) is 0. The smallest absolute Gasteiger partial charge is 0.306 e. The normalized spacial score (nSPS) is 12.2. The van der Waals surface area contributed by atoms with E-state index in [1.54, 1.807) is 0 Å². The Balaban J connectivity index is 4.05. The molecule has 1 unspecified atom stereocenters. The number of ether oxygens (including phenoxy) is 3. The van der Waals surface area contributed by atoms with Crippen LogP contribution in [-0.4, -0.2) is 37.2 Å². The van der Waals surface area contributed by atoms with Crippen LogP contribution in [0.25, 0.3) is 0 Å². The Labute approximate surface area is 258 Å². The minimum absolute atomic E-state index is 0.0833. The van der Waals surface area contributed by atoms with Crippen LogP contribution in [0.15, 0.2) is 24.3 Å². The maximum atomic E-state index is 12.4. The van der Waals surface area contributed by atoms with Crippen molar-refractivity contribution in [2.75, 3.05) is 13.2 Å². The van der Waals surface area contributed by atoms with Gasteiger partial charge in [0, 0.05) is 19.3 Å². The molecule has 0 aliphatic rings. The molecule has 42 heavy (non-hydrogen) atoms. The molecule has 0 radical (unpaired) electrons. The lowest BCUT2D eigenvalue weighted by atomic mass is 10.1. The summed E-state index contributed by atoms with van der Waals surface area (Å²) >= 11 is 0. The van der Waals surface area contributed by atoms with Gasteiger partial charge in [0.25, 0.3) is 0 Å². The largest absolute Gasteiger partial charge is 0.462 e. The number of unbranched alkanes of at least 4 members (excludes halogenated alkanes) is 16. The van der Waals surface area contributed by atoms with Gasteiger partial charge in [0.1, 0.15) is 13.2 Å². The molecule has 0 spiro atoms. The predicted molar refractivity (Wildman–Crippen MR) is 173 cm³/mol. The van der Waals surface area contributed by atoms with Gasteiger partial charge in [-0.15, -0.1) is 0 Å². The van der Waals surface area contributed by atoms with E-state index < -0.39 is 6.10 Å². The van der Waals surface area contributed by atoms with Gasteiger partial charge in [0.05, 0.1) is 0 Å². The van der Waals surface area contributed by atoms with Gasteiger partial charge in [-0.1, -0.05) is 109 Å². The quantitative estimate of drug-likeness (QED) is 0.0357. The van der Waals surface area contributed by atoms with Crippen LogP contribution in [0.1, 0.15) is 168 Å². The van der Waals surface area contributed by atoms with Gasteiger partial charge in [-0.2, -0.15) is 0 Å². The number of esters is 3. The number of carbonyl (C=O) groups excluding carboxylic acids is 3. The highest BCUT2D eigenvalue weighted by Gasteiger charge is 2.19. The maximum Gasteiger partial charge on any atom is 0.306 e. The first-order valence-electron chi connectivity index (χ1n) is 17.3. The average molecular weight is 593 g/mol. The Morgan fingerprint density at radius 2 is 0.929 bits per heavy atom. The summed E-state index contributed by atoms with van der Waals surface area (Å²) in [5.74, 6) is -0.976. The lowest BCUT2D eigenvalue weighted by molar-refractivity contribution is -0.167. The summed E-state index contributed by atoms with van der Waals surface area (Å²) in [6, 6.07) is 0. The minimum atomic E-state index is -0.766. The molecule has 0 aromatic rings. The highest BCUT2D eigenvalue weighted by Crippen LogP contribution is 2.12. The highest BCUT2D eigenvalue weighted by atomic mass is 16.6. The summed E-state index contributed by atoms with van der Waals surface area (Å²) in [5.41, 5.74) is 0. The van der Waals surface area contributed by atoms with E-state index in [0.717, 1.165) is 57.8 Å². The Kier molecular flexibility index (Phi) is 30.2. The zero-order valence-electron chi connectivity index (χ0n) is 27.5. The number of allylic oxidation sites excluding steroid dienone is 4. The molecule has 0 aliphatic heterocycles. The van der Waals surface area contributed by atoms with Gasteiger partial charge in [-0.05, 0) is 64.7 Å². The molecule has 1 atom stereocenters. The van der Waals surface area contributed by atoms with Gasteiger partial charge in [0.15, 0.2) is 6.10 Å². The van der Waals surface area contributed by atoms with E-state index in [0.29, 0.717) is 25.7 Å². The molecule has 6 heteroatoms. The van der Waals surface area contributed by atoms with Crippen molar-refractivity contribution >= 4 is 17.9 Å². The van der Waals surface area contributed by atoms with Crippen LogP contribution in [-0.2, 0) is 28.6 Å². The summed E-state index contributed by atoms with van der Waals surface area (Å²) in [7, 11) is 0. The van der Waals surface area contributed by atoms with Crippen LogP contribution in [0.3, 0.4) is 0 Å². The van der Waals surface area contributed by atoms with Crippen LogP contribution < -0.4 is 0 Å². The van der Waals surface area contributed by atoms with E-state index in [1.807, 2.05) is 13.8 Å². The first-order chi connectivity index (χ1) is 20.5. The van der Waals surface area contributed by atoms with Crippen molar-refractivity contribution in [3.05, 3.63) is 24.3 Å². The molecule has 0 aromatic carbocycles. The van der Waals surface area contributed by atoms with E-state index in [-0.39, 0.29) is 31.1 Å². The Morgan fingerprint density at radius 3 is 1.43 bits per heavy atom. The van der Waals surface area contributed by atoms with Gasteiger partial charge >= 0.3 is 17.9 Å². The lowest BCUT2D eigenvalue weighted by Crippen LogP contribution is -2.30. The molecule has 0 amide bonds. The second-order valence-electron chi connectivity index (χ2n) is 11.4. The molecular formula is C36H64O6. The lowest BCUT2D eigenvalue weighted by Gasteiger charge is -2.18. The molecule has 0 N–H and O–H groups in total. The van der Waals surface area contributed by atoms with Crippen molar-refractivity contribution in [3.63, 3.8) is 0 Å². The number of hydrogen-bond acceptors (Lipinski definition) is 6. The molecule has 0 aromatic heterocycles. The van der Waals surface area contributed by atoms with Gasteiger partial charge in [-0.3, -0.25) is 14.4 Å². The van der Waals surface area contributed by atoms with Crippen LogP contribution in [0.2, 0.25) is 0 Å². The summed E-state index contributed by atoms with van der Waals surface area (Å²) in [4.78, 5) is 36.4. The summed E-state index contributed by atoms with van der Waals surface area (Å²) in [6.45, 7) is 6.02. The summed E-state index contributed by atoms with van der Waals surface area (Å²) in [5, 5.41) is 0. The van der Waals surface area contributed by atoms with Crippen molar-refractivity contribution in [2.45, 2.75) is 175 Å². The Bertz CT molecular complexity index is 699. The predicted octanol–water partition coefficient (Wildman–Crippen LogP) is 10.1. The van der Waals surface area contributed by atoms with Crippen molar-refractivity contribution in [3.8, 4) is 0 Å². The van der Waals surface area contributed by atoms with Crippen molar-refractivity contribution < 1.29 is 28.6 Å². The van der Waals surface area contributed by atoms with E-state index >= 15 is 0 Å². The van der Waals surface area contributed by atoms with Crippen LogP contribution >= 0.6 is 0 Å². The van der Waals surface area contributed by atoms with E-state index in [9.17, 15) is 14.4 Å². The van der Waals surface area contributed by atoms with E-state index in [1.165, 1.54) is 64.2 Å². The van der Waals surface area contributed by atoms with Crippen molar-refractivity contribution in [2.24, 2.45) is 0 Å². The third-order valence-corrected chi connectivity index (χ3v) is 7.24. The monoisotopic (exact) mass is 592 g/mol. The van der Waals surface area contributed by atoms with Crippen molar-refractivity contribution in [1.82, 2.24) is 0 Å². The summed E-state index contributed by atoms with van der Waals surface area (Å²) < 4.78 is 16.1. The molecule has 0 rings (SSSR count). The first-order valence-corrected chi connectivity index (χ1v) is 17.3.